The van der Waals surface area contributed by atoms with Gasteiger partial charge in [0.05, 0.1) is 0 Å². The van der Waals surface area contributed by atoms with Gasteiger partial charge < -0.3 is 9.64 Å². The van der Waals surface area contributed by atoms with Gasteiger partial charge in [0, 0.05) is 16.8 Å². The highest BCUT2D eigenvalue weighted by molar-refractivity contribution is 6.30. The number of anilines is 1. The average Bonchev–Trinajstić information content (AvgIpc) is 2.82. The van der Waals surface area contributed by atoms with Crippen molar-refractivity contribution in [3.05, 3.63) is 59.1 Å². The minimum Gasteiger partial charge on any atom is -0.481 e. The van der Waals surface area contributed by atoms with Crippen molar-refractivity contribution in [1.82, 2.24) is 0 Å². The number of carbonyl (C=O) groups excluding carboxylic acids is 1. The van der Waals surface area contributed by atoms with Gasteiger partial charge in [-0.25, -0.2) is 0 Å². The van der Waals surface area contributed by atoms with Crippen LogP contribution in [0.2, 0.25) is 5.02 Å². The maximum Gasteiger partial charge on any atom is 0.268 e. The van der Waals surface area contributed by atoms with Gasteiger partial charge in [-0.15, -0.1) is 0 Å². The SMILES string of the molecule is C[C@@H](Oc1cccc(Cl)c1)C(=O)N1c2ccccc2C[C@@H]1C. The first-order chi connectivity index (χ1) is 10.6. The molecule has 2 aromatic carbocycles. The fraction of sp³-hybridized carbons (Fsp3) is 0.278. The van der Waals surface area contributed by atoms with Crippen molar-refractivity contribution in [2.45, 2.75) is 32.4 Å². The Morgan fingerprint density at radius 3 is 2.82 bits per heavy atom. The molecule has 0 bridgehead atoms. The maximum atomic E-state index is 12.8. The third-order valence-electron chi connectivity index (χ3n) is 3.90. The van der Waals surface area contributed by atoms with Crippen molar-refractivity contribution in [2.24, 2.45) is 0 Å². The summed E-state index contributed by atoms with van der Waals surface area (Å²) in [6.45, 7) is 3.83. The molecular weight excluding hydrogens is 298 g/mol. The molecule has 0 saturated carbocycles. The molecule has 1 heterocycles. The summed E-state index contributed by atoms with van der Waals surface area (Å²) in [5.74, 6) is 0.575. The largest absolute Gasteiger partial charge is 0.481 e. The first kappa shape index (κ1) is 14.9. The molecule has 2 atom stereocenters. The van der Waals surface area contributed by atoms with Crippen LogP contribution in [0, 0.1) is 0 Å². The molecule has 114 valence electrons. The van der Waals surface area contributed by atoms with Crippen LogP contribution in [0.4, 0.5) is 5.69 Å². The molecule has 0 aromatic heterocycles. The second kappa shape index (κ2) is 6.01. The molecule has 0 saturated heterocycles. The summed E-state index contributed by atoms with van der Waals surface area (Å²) >= 11 is 5.95. The van der Waals surface area contributed by atoms with Crippen molar-refractivity contribution in [3.63, 3.8) is 0 Å². The molecule has 0 fully saturated rings. The number of para-hydroxylation sites is 1. The van der Waals surface area contributed by atoms with E-state index in [1.807, 2.05) is 29.2 Å². The van der Waals surface area contributed by atoms with Crippen LogP contribution in [0.15, 0.2) is 48.5 Å². The minimum absolute atomic E-state index is 0.0302. The number of hydrogen-bond donors (Lipinski definition) is 0. The number of rotatable bonds is 3. The predicted octanol–water partition coefficient (Wildman–Crippen LogP) is 4.09. The summed E-state index contributed by atoms with van der Waals surface area (Å²) in [4.78, 5) is 14.6. The molecule has 3 nitrogen and oxygen atoms in total. The van der Waals surface area contributed by atoms with E-state index in [2.05, 4.69) is 13.0 Å². The molecular formula is C18H18ClNO2. The summed E-state index contributed by atoms with van der Waals surface area (Å²) < 4.78 is 5.76. The Hall–Kier alpha value is -2.00. The van der Waals surface area contributed by atoms with Crippen LogP contribution in [0.1, 0.15) is 19.4 Å². The Morgan fingerprint density at radius 2 is 2.05 bits per heavy atom. The van der Waals surface area contributed by atoms with E-state index >= 15 is 0 Å². The van der Waals surface area contributed by atoms with Gasteiger partial charge >= 0.3 is 0 Å². The number of hydrogen-bond acceptors (Lipinski definition) is 2. The highest BCUT2D eigenvalue weighted by Gasteiger charge is 2.33. The number of halogens is 1. The third kappa shape index (κ3) is 2.81. The minimum atomic E-state index is -0.563. The third-order valence-corrected chi connectivity index (χ3v) is 4.14. The monoisotopic (exact) mass is 315 g/mol. The number of benzene rings is 2. The zero-order chi connectivity index (χ0) is 15.7. The van der Waals surface area contributed by atoms with Crippen LogP contribution in [-0.2, 0) is 11.2 Å². The van der Waals surface area contributed by atoms with Gasteiger partial charge in [0.1, 0.15) is 5.75 Å². The van der Waals surface area contributed by atoms with Crippen LogP contribution in [0.3, 0.4) is 0 Å². The van der Waals surface area contributed by atoms with Gasteiger partial charge in [-0.1, -0.05) is 35.9 Å². The first-order valence-electron chi connectivity index (χ1n) is 7.39. The maximum absolute atomic E-state index is 12.8. The van der Waals surface area contributed by atoms with E-state index in [9.17, 15) is 4.79 Å². The van der Waals surface area contributed by atoms with E-state index in [-0.39, 0.29) is 11.9 Å². The van der Waals surface area contributed by atoms with E-state index in [0.717, 1.165) is 12.1 Å². The van der Waals surface area contributed by atoms with Gasteiger partial charge in [0.2, 0.25) is 0 Å². The topological polar surface area (TPSA) is 29.5 Å². The summed E-state index contributed by atoms with van der Waals surface area (Å²) in [5.41, 5.74) is 2.19. The summed E-state index contributed by atoms with van der Waals surface area (Å²) in [7, 11) is 0. The quantitative estimate of drug-likeness (QED) is 0.854. The normalized spacial score (nSPS) is 18.0. The standard InChI is InChI=1S/C18H18ClNO2/c1-12-10-14-6-3-4-9-17(14)20(12)18(21)13(2)22-16-8-5-7-15(19)11-16/h3-9,11-13H,10H2,1-2H3/t12-,13+/m0/s1. The predicted molar refractivity (Wildman–Crippen MR) is 88.6 cm³/mol. The van der Waals surface area contributed by atoms with Gasteiger partial charge in [-0.3, -0.25) is 4.79 Å². The van der Waals surface area contributed by atoms with Gasteiger partial charge in [0.15, 0.2) is 6.10 Å². The van der Waals surface area contributed by atoms with Crippen molar-refractivity contribution >= 4 is 23.2 Å². The average molecular weight is 316 g/mol. The molecule has 3 rings (SSSR count). The number of ether oxygens (including phenoxy) is 1. The molecule has 0 radical (unpaired) electrons. The molecule has 1 aliphatic rings. The lowest BCUT2D eigenvalue weighted by Gasteiger charge is -2.26. The molecule has 22 heavy (non-hydrogen) atoms. The lowest BCUT2D eigenvalue weighted by atomic mass is 10.1. The van der Waals surface area contributed by atoms with Crippen molar-refractivity contribution in [2.75, 3.05) is 4.90 Å². The molecule has 1 aliphatic heterocycles. The highest BCUT2D eigenvalue weighted by atomic mass is 35.5. The van der Waals surface area contributed by atoms with Crippen LogP contribution < -0.4 is 9.64 Å². The lowest BCUT2D eigenvalue weighted by Crippen LogP contribution is -2.43. The summed E-state index contributed by atoms with van der Waals surface area (Å²) in [5, 5.41) is 0.594. The molecule has 0 N–H and O–H groups in total. The smallest absolute Gasteiger partial charge is 0.268 e. The molecule has 0 aliphatic carbocycles. The fourth-order valence-electron chi connectivity index (χ4n) is 2.89. The van der Waals surface area contributed by atoms with Crippen LogP contribution in [-0.4, -0.2) is 18.1 Å². The molecule has 4 heteroatoms. The molecule has 0 unspecified atom stereocenters. The van der Waals surface area contributed by atoms with Crippen LogP contribution in [0.25, 0.3) is 0 Å². The highest BCUT2D eigenvalue weighted by Crippen LogP contribution is 2.32. The Bertz CT molecular complexity index is 701. The van der Waals surface area contributed by atoms with E-state index in [4.69, 9.17) is 16.3 Å². The molecule has 2 aromatic rings. The Labute approximate surface area is 135 Å². The Kier molecular flexibility index (Phi) is 4.08. The van der Waals surface area contributed by atoms with Crippen molar-refractivity contribution in [1.29, 1.82) is 0 Å². The van der Waals surface area contributed by atoms with Gasteiger partial charge in [-0.05, 0) is 50.1 Å². The fourth-order valence-corrected chi connectivity index (χ4v) is 3.07. The van der Waals surface area contributed by atoms with E-state index < -0.39 is 6.10 Å². The van der Waals surface area contributed by atoms with Gasteiger partial charge in [-0.2, -0.15) is 0 Å². The van der Waals surface area contributed by atoms with E-state index in [1.54, 1.807) is 25.1 Å². The van der Waals surface area contributed by atoms with Gasteiger partial charge in [0.25, 0.3) is 5.91 Å². The zero-order valence-electron chi connectivity index (χ0n) is 12.6. The van der Waals surface area contributed by atoms with Crippen molar-refractivity contribution < 1.29 is 9.53 Å². The molecule has 1 amide bonds. The zero-order valence-corrected chi connectivity index (χ0v) is 13.4. The summed E-state index contributed by atoms with van der Waals surface area (Å²) in [6.07, 6.45) is 0.318. The molecule has 0 spiro atoms. The number of amides is 1. The number of carbonyl (C=O) groups is 1. The number of nitrogens with zero attached hydrogens (tertiary/aromatic N) is 1. The second-order valence-corrected chi connectivity index (χ2v) is 6.04. The Morgan fingerprint density at radius 1 is 1.27 bits per heavy atom. The van der Waals surface area contributed by atoms with E-state index in [0.29, 0.717) is 10.8 Å². The van der Waals surface area contributed by atoms with Crippen LogP contribution in [0.5, 0.6) is 5.75 Å². The Balaban J connectivity index is 1.79. The van der Waals surface area contributed by atoms with E-state index in [1.165, 1.54) is 5.56 Å². The van der Waals surface area contributed by atoms with Crippen LogP contribution >= 0.6 is 11.6 Å². The number of fused-ring (bicyclic) bond motifs is 1. The van der Waals surface area contributed by atoms with Crippen molar-refractivity contribution in [3.8, 4) is 5.75 Å². The summed E-state index contributed by atoms with van der Waals surface area (Å²) in [6, 6.07) is 15.3. The second-order valence-electron chi connectivity index (χ2n) is 5.61. The lowest BCUT2D eigenvalue weighted by molar-refractivity contribution is -0.124. The first-order valence-corrected chi connectivity index (χ1v) is 7.77.